The minimum Gasteiger partial charge on any atom is -0.497 e. The lowest BCUT2D eigenvalue weighted by Crippen LogP contribution is -2.42. The van der Waals surface area contributed by atoms with Gasteiger partial charge in [0, 0.05) is 38.0 Å². The predicted octanol–water partition coefficient (Wildman–Crippen LogP) is 4.51. The molecule has 0 amide bonds. The Morgan fingerprint density at radius 1 is 1.04 bits per heavy atom. The second-order valence-electron chi connectivity index (χ2n) is 7.72. The highest BCUT2D eigenvalue weighted by molar-refractivity contribution is 6.02. The summed E-state index contributed by atoms with van der Waals surface area (Å²) in [6.45, 7) is 2.76. The first-order valence-corrected chi connectivity index (χ1v) is 9.79. The number of hydrogen-bond acceptors (Lipinski definition) is 4. The molecule has 1 fully saturated rings. The summed E-state index contributed by atoms with van der Waals surface area (Å²) in [5.74, 6) is 0.633. The third-order valence-corrected chi connectivity index (χ3v) is 6.10. The summed E-state index contributed by atoms with van der Waals surface area (Å²) in [5.41, 5.74) is 2.60. The molecule has 0 saturated carbocycles. The van der Waals surface area contributed by atoms with E-state index in [0.29, 0.717) is 5.56 Å². The summed E-state index contributed by atoms with van der Waals surface area (Å²) in [5, 5.41) is 2.18. The largest absolute Gasteiger partial charge is 0.497 e. The Morgan fingerprint density at radius 2 is 1.82 bits per heavy atom. The maximum atomic E-state index is 12.6. The monoisotopic (exact) mass is 373 g/mol. The van der Waals surface area contributed by atoms with Crippen LogP contribution in [0.1, 0.15) is 34.3 Å². The molecule has 0 aromatic heterocycles. The van der Waals surface area contributed by atoms with Crippen LogP contribution in [0, 0.1) is 0 Å². The number of methoxy groups -OCH3 is 1. The van der Waals surface area contributed by atoms with Gasteiger partial charge in [0.1, 0.15) is 11.4 Å². The summed E-state index contributed by atoms with van der Waals surface area (Å²) in [6.07, 6.45) is 1.65. The van der Waals surface area contributed by atoms with E-state index in [0.717, 1.165) is 54.6 Å². The molecule has 3 aromatic rings. The first-order valence-electron chi connectivity index (χ1n) is 9.79. The molecule has 0 bridgehead atoms. The standard InChI is InChI=1S/C24H23NO3/c1-27-19-8-10-20-18(15-19)7-9-21-22(20)24(28-23(21)26)11-13-25(14-12-24)16-17-5-3-2-4-6-17/h2-10,15H,11-14,16H2,1H3. The highest BCUT2D eigenvalue weighted by Crippen LogP contribution is 2.47. The Morgan fingerprint density at radius 3 is 2.57 bits per heavy atom. The number of hydrogen-bond donors (Lipinski definition) is 0. The van der Waals surface area contributed by atoms with E-state index in [1.807, 2.05) is 30.3 Å². The van der Waals surface area contributed by atoms with Gasteiger partial charge in [-0.25, -0.2) is 4.79 Å². The van der Waals surface area contributed by atoms with Gasteiger partial charge in [-0.2, -0.15) is 0 Å². The number of benzene rings is 3. The van der Waals surface area contributed by atoms with Gasteiger partial charge >= 0.3 is 5.97 Å². The number of ether oxygens (including phenoxy) is 2. The van der Waals surface area contributed by atoms with Gasteiger partial charge in [-0.1, -0.05) is 42.5 Å². The molecule has 2 aliphatic heterocycles. The zero-order chi connectivity index (χ0) is 19.1. The predicted molar refractivity (Wildman–Crippen MR) is 109 cm³/mol. The first-order chi connectivity index (χ1) is 13.7. The molecule has 3 aromatic carbocycles. The van der Waals surface area contributed by atoms with Crippen LogP contribution < -0.4 is 4.74 Å². The second kappa shape index (κ2) is 6.64. The molecule has 4 heteroatoms. The van der Waals surface area contributed by atoms with Gasteiger partial charge < -0.3 is 9.47 Å². The second-order valence-corrected chi connectivity index (χ2v) is 7.72. The van der Waals surface area contributed by atoms with E-state index in [1.165, 1.54) is 5.56 Å². The van der Waals surface area contributed by atoms with Crippen molar-refractivity contribution in [2.24, 2.45) is 0 Å². The van der Waals surface area contributed by atoms with Crippen molar-refractivity contribution in [2.75, 3.05) is 20.2 Å². The highest BCUT2D eigenvalue weighted by Gasteiger charge is 2.48. The van der Waals surface area contributed by atoms with Crippen molar-refractivity contribution < 1.29 is 14.3 Å². The molecule has 5 rings (SSSR count). The molecule has 2 heterocycles. The fourth-order valence-corrected chi connectivity index (χ4v) is 4.65. The molecule has 0 radical (unpaired) electrons. The smallest absolute Gasteiger partial charge is 0.339 e. The van der Waals surface area contributed by atoms with Crippen LogP contribution in [0.2, 0.25) is 0 Å². The Hall–Kier alpha value is -2.85. The Bertz CT molecular complexity index is 1040. The van der Waals surface area contributed by atoms with Crippen LogP contribution in [-0.2, 0) is 16.9 Å². The zero-order valence-electron chi connectivity index (χ0n) is 16.0. The number of piperidine rings is 1. The highest BCUT2D eigenvalue weighted by atomic mass is 16.6. The van der Waals surface area contributed by atoms with E-state index < -0.39 is 5.60 Å². The molecule has 2 aliphatic rings. The molecule has 0 aliphatic carbocycles. The third-order valence-electron chi connectivity index (χ3n) is 6.10. The first kappa shape index (κ1) is 17.3. The molecule has 0 atom stereocenters. The summed E-state index contributed by atoms with van der Waals surface area (Å²) in [7, 11) is 1.67. The normalized spacial score (nSPS) is 18.2. The number of fused-ring (bicyclic) bond motifs is 4. The molecule has 1 saturated heterocycles. The van der Waals surface area contributed by atoms with Gasteiger partial charge in [-0.05, 0) is 34.5 Å². The summed E-state index contributed by atoms with van der Waals surface area (Å²) in [6, 6.07) is 20.5. The van der Waals surface area contributed by atoms with E-state index in [-0.39, 0.29) is 5.97 Å². The Balaban J connectivity index is 1.46. The topological polar surface area (TPSA) is 38.8 Å². The molecular formula is C24H23NO3. The van der Waals surface area contributed by atoms with E-state index in [2.05, 4.69) is 35.2 Å². The van der Waals surface area contributed by atoms with Crippen LogP contribution in [0.15, 0.2) is 60.7 Å². The molecule has 0 unspecified atom stereocenters. The fraction of sp³-hybridized carbons (Fsp3) is 0.292. The van der Waals surface area contributed by atoms with Gasteiger partial charge in [0.25, 0.3) is 0 Å². The Labute approximate surface area is 164 Å². The number of rotatable bonds is 3. The number of esters is 1. The minimum atomic E-state index is -0.506. The van der Waals surface area contributed by atoms with E-state index >= 15 is 0 Å². The molecular weight excluding hydrogens is 350 g/mol. The lowest BCUT2D eigenvalue weighted by atomic mass is 9.81. The van der Waals surface area contributed by atoms with Gasteiger partial charge in [0.05, 0.1) is 12.7 Å². The molecule has 0 N–H and O–H groups in total. The minimum absolute atomic E-state index is 0.191. The van der Waals surface area contributed by atoms with E-state index in [9.17, 15) is 4.79 Å². The van der Waals surface area contributed by atoms with Crippen molar-refractivity contribution in [1.29, 1.82) is 0 Å². The number of carbonyl (C=O) groups is 1. The summed E-state index contributed by atoms with van der Waals surface area (Å²) < 4.78 is 11.4. The van der Waals surface area contributed by atoms with Crippen molar-refractivity contribution in [2.45, 2.75) is 25.0 Å². The van der Waals surface area contributed by atoms with Crippen LogP contribution >= 0.6 is 0 Å². The molecule has 28 heavy (non-hydrogen) atoms. The van der Waals surface area contributed by atoms with Crippen LogP contribution in [0.4, 0.5) is 0 Å². The maximum Gasteiger partial charge on any atom is 0.339 e. The van der Waals surface area contributed by atoms with Gasteiger partial charge in [0.2, 0.25) is 0 Å². The molecule has 1 spiro atoms. The van der Waals surface area contributed by atoms with Crippen molar-refractivity contribution in [3.63, 3.8) is 0 Å². The quantitative estimate of drug-likeness (QED) is 0.633. The fourth-order valence-electron chi connectivity index (χ4n) is 4.65. The molecule has 142 valence electrons. The van der Waals surface area contributed by atoms with Crippen LogP contribution in [-0.4, -0.2) is 31.1 Å². The van der Waals surface area contributed by atoms with Crippen molar-refractivity contribution in [1.82, 2.24) is 4.90 Å². The molecule has 4 nitrogen and oxygen atoms in total. The van der Waals surface area contributed by atoms with Crippen LogP contribution in [0.3, 0.4) is 0 Å². The van der Waals surface area contributed by atoms with Gasteiger partial charge in [-0.15, -0.1) is 0 Å². The van der Waals surface area contributed by atoms with Crippen molar-refractivity contribution >= 4 is 16.7 Å². The Kier molecular flexibility index (Phi) is 4.09. The van der Waals surface area contributed by atoms with Crippen molar-refractivity contribution in [3.8, 4) is 5.75 Å². The summed E-state index contributed by atoms with van der Waals surface area (Å²) >= 11 is 0. The number of carbonyl (C=O) groups excluding carboxylic acids is 1. The van der Waals surface area contributed by atoms with Gasteiger partial charge in [0.15, 0.2) is 0 Å². The SMILES string of the molecule is COc1ccc2c3c(ccc2c1)C(=O)OC31CCN(Cc2ccccc2)CC1. The number of likely N-dealkylation sites (tertiary alicyclic amines) is 1. The van der Waals surface area contributed by atoms with E-state index in [1.54, 1.807) is 7.11 Å². The van der Waals surface area contributed by atoms with E-state index in [4.69, 9.17) is 9.47 Å². The number of nitrogens with zero attached hydrogens (tertiary/aromatic N) is 1. The van der Waals surface area contributed by atoms with Crippen LogP contribution in [0.5, 0.6) is 5.75 Å². The van der Waals surface area contributed by atoms with Gasteiger partial charge in [-0.3, -0.25) is 4.90 Å². The lowest BCUT2D eigenvalue weighted by Gasteiger charge is -2.39. The lowest BCUT2D eigenvalue weighted by molar-refractivity contribution is -0.0434. The summed E-state index contributed by atoms with van der Waals surface area (Å²) in [4.78, 5) is 15.1. The average molecular weight is 373 g/mol. The van der Waals surface area contributed by atoms with Crippen LogP contribution in [0.25, 0.3) is 10.8 Å². The third kappa shape index (κ3) is 2.76. The average Bonchev–Trinajstić information content (AvgIpc) is 3.02. The van der Waals surface area contributed by atoms with Crippen molar-refractivity contribution in [3.05, 3.63) is 77.4 Å². The maximum absolute atomic E-state index is 12.6. The zero-order valence-corrected chi connectivity index (χ0v) is 16.0.